The largest absolute Gasteiger partial charge is 0.573 e. The molecule has 1 aliphatic carbocycles. The van der Waals surface area contributed by atoms with E-state index in [0.29, 0.717) is 11.5 Å². The van der Waals surface area contributed by atoms with E-state index in [-0.39, 0.29) is 11.8 Å². The predicted octanol–water partition coefficient (Wildman–Crippen LogP) is 3.39. The second-order valence-corrected chi connectivity index (χ2v) is 4.41. The number of rotatable bonds is 4. The third-order valence-corrected chi connectivity index (χ3v) is 2.80. The molecule has 5 heteroatoms. The van der Waals surface area contributed by atoms with E-state index in [1.54, 1.807) is 6.07 Å². The van der Waals surface area contributed by atoms with Gasteiger partial charge in [-0.3, -0.25) is 0 Å². The molecule has 0 amide bonds. The first-order valence-corrected chi connectivity index (χ1v) is 5.55. The Balaban J connectivity index is 2.04. The molecular weight excluding hydrogens is 231 g/mol. The molecule has 0 heterocycles. The Labute approximate surface area is 97.6 Å². The molecule has 1 fully saturated rings. The van der Waals surface area contributed by atoms with Crippen LogP contribution in [-0.4, -0.2) is 6.36 Å². The minimum atomic E-state index is -4.65. The molecule has 17 heavy (non-hydrogen) atoms. The van der Waals surface area contributed by atoms with Gasteiger partial charge < -0.3 is 10.5 Å². The van der Waals surface area contributed by atoms with Crippen molar-refractivity contribution in [3.8, 4) is 5.75 Å². The van der Waals surface area contributed by atoms with Gasteiger partial charge >= 0.3 is 6.36 Å². The first-order valence-electron chi connectivity index (χ1n) is 5.55. The Hall–Kier alpha value is -1.23. The third-order valence-electron chi connectivity index (χ3n) is 2.80. The van der Waals surface area contributed by atoms with Crippen molar-refractivity contribution >= 4 is 0 Å². The van der Waals surface area contributed by atoms with Crippen molar-refractivity contribution < 1.29 is 17.9 Å². The number of nitrogens with two attached hydrogens (primary N) is 1. The summed E-state index contributed by atoms with van der Waals surface area (Å²) >= 11 is 0. The van der Waals surface area contributed by atoms with Crippen LogP contribution in [-0.2, 0) is 0 Å². The van der Waals surface area contributed by atoms with Crippen LogP contribution in [0.5, 0.6) is 5.75 Å². The van der Waals surface area contributed by atoms with E-state index in [9.17, 15) is 13.2 Å². The predicted molar refractivity (Wildman–Crippen MR) is 57.4 cm³/mol. The van der Waals surface area contributed by atoms with Crippen molar-refractivity contribution in [3.63, 3.8) is 0 Å². The molecule has 0 radical (unpaired) electrons. The Kier molecular flexibility index (Phi) is 3.28. The minimum absolute atomic E-state index is 0.207. The second kappa shape index (κ2) is 4.56. The molecule has 0 spiro atoms. The van der Waals surface area contributed by atoms with Crippen LogP contribution in [0.4, 0.5) is 13.2 Å². The van der Waals surface area contributed by atoms with E-state index in [1.165, 1.54) is 31.0 Å². The molecule has 1 unspecified atom stereocenters. The van der Waals surface area contributed by atoms with E-state index in [1.807, 2.05) is 0 Å². The summed E-state index contributed by atoms with van der Waals surface area (Å²) in [7, 11) is 0. The lowest BCUT2D eigenvalue weighted by molar-refractivity contribution is -0.274. The SMILES string of the molecule is NC(CC1CC1)c1cccc(OC(F)(F)F)c1. The maximum Gasteiger partial charge on any atom is 0.573 e. The molecule has 1 aromatic carbocycles. The minimum Gasteiger partial charge on any atom is -0.406 e. The molecular formula is C12H14F3NO. The molecule has 0 bridgehead atoms. The highest BCUT2D eigenvalue weighted by atomic mass is 19.4. The molecule has 2 rings (SSSR count). The molecule has 1 atom stereocenters. The van der Waals surface area contributed by atoms with Gasteiger partial charge in [-0.1, -0.05) is 25.0 Å². The van der Waals surface area contributed by atoms with Gasteiger partial charge in [0.2, 0.25) is 0 Å². The number of hydrogen-bond donors (Lipinski definition) is 1. The lowest BCUT2D eigenvalue weighted by Crippen LogP contribution is -2.18. The van der Waals surface area contributed by atoms with Gasteiger partial charge in [0, 0.05) is 6.04 Å². The van der Waals surface area contributed by atoms with Gasteiger partial charge in [-0.15, -0.1) is 13.2 Å². The number of ether oxygens (including phenoxy) is 1. The summed E-state index contributed by atoms with van der Waals surface area (Å²) < 4.78 is 40.0. The summed E-state index contributed by atoms with van der Waals surface area (Å²) in [6.07, 6.45) is -1.48. The van der Waals surface area contributed by atoms with E-state index >= 15 is 0 Å². The standard InChI is InChI=1S/C12H14F3NO/c13-12(14,15)17-10-3-1-2-9(7-10)11(16)6-8-4-5-8/h1-3,7-8,11H,4-6,16H2. The third kappa shape index (κ3) is 3.93. The smallest absolute Gasteiger partial charge is 0.406 e. The summed E-state index contributed by atoms with van der Waals surface area (Å²) in [5.41, 5.74) is 6.62. The highest BCUT2D eigenvalue weighted by molar-refractivity contribution is 5.30. The monoisotopic (exact) mass is 245 g/mol. The molecule has 1 aromatic rings. The van der Waals surface area contributed by atoms with Gasteiger partial charge in [-0.05, 0) is 30.0 Å². The Morgan fingerprint density at radius 2 is 2.06 bits per heavy atom. The number of alkyl halides is 3. The topological polar surface area (TPSA) is 35.2 Å². The van der Waals surface area contributed by atoms with E-state index in [0.717, 1.165) is 6.42 Å². The Bertz CT molecular complexity index is 388. The van der Waals surface area contributed by atoms with Gasteiger partial charge in [-0.2, -0.15) is 0 Å². The van der Waals surface area contributed by atoms with Crippen LogP contribution in [0, 0.1) is 5.92 Å². The van der Waals surface area contributed by atoms with Crippen molar-refractivity contribution in [2.45, 2.75) is 31.7 Å². The van der Waals surface area contributed by atoms with Crippen molar-refractivity contribution in [2.75, 3.05) is 0 Å². The highest BCUT2D eigenvalue weighted by Crippen LogP contribution is 2.37. The first-order chi connectivity index (χ1) is 7.94. The first kappa shape index (κ1) is 12.2. The summed E-state index contributed by atoms with van der Waals surface area (Å²) in [5, 5.41) is 0. The van der Waals surface area contributed by atoms with E-state index in [2.05, 4.69) is 4.74 Å². The normalized spacial score (nSPS) is 17.9. The molecule has 94 valence electrons. The quantitative estimate of drug-likeness (QED) is 0.882. The molecule has 2 N–H and O–H groups in total. The Morgan fingerprint density at radius 1 is 1.35 bits per heavy atom. The average Bonchev–Trinajstić information content (AvgIpc) is 2.99. The fourth-order valence-corrected chi connectivity index (χ4v) is 1.79. The summed E-state index contributed by atoms with van der Waals surface area (Å²) in [6, 6.07) is 5.69. The van der Waals surface area contributed by atoms with Crippen LogP contribution in [0.2, 0.25) is 0 Å². The zero-order valence-electron chi connectivity index (χ0n) is 9.20. The van der Waals surface area contributed by atoms with E-state index < -0.39 is 6.36 Å². The van der Waals surface area contributed by atoms with Crippen LogP contribution in [0.15, 0.2) is 24.3 Å². The van der Waals surface area contributed by atoms with E-state index in [4.69, 9.17) is 5.73 Å². The van der Waals surface area contributed by atoms with Crippen LogP contribution in [0.3, 0.4) is 0 Å². The number of hydrogen-bond acceptors (Lipinski definition) is 2. The highest BCUT2D eigenvalue weighted by Gasteiger charge is 2.31. The van der Waals surface area contributed by atoms with Crippen molar-refractivity contribution in [1.29, 1.82) is 0 Å². The molecule has 0 aliphatic heterocycles. The van der Waals surface area contributed by atoms with Crippen molar-refractivity contribution in [1.82, 2.24) is 0 Å². The van der Waals surface area contributed by atoms with Crippen LogP contribution in [0.1, 0.15) is 30.9 Å². The zero-order valence-corrected chi connectivity index (χ0v) is 9.20. The molecule has 0 aromatic heterocycles. The maximum atomic E-state index is 12.0. The summed E-state index contributed by atoms with van der Waals surface area (Å²) in [5.74, 6) is 0.429. The van der Waals surface area contributed by atoms with Crippen LogP contribution >= 0.6 is 0 Å². The summed E-state index contributed by atoms with van der Waals surface area (Å²) in [6.45, 7) is 0. The zero-order chi connectivity index (χ0) is 12.5. The van der Waals surface area contributed by atoms with Gasteiger partial charge in [0.05, 0.1) is 0 Å². The number of benzene rings is 1. The van der Waals surface area contributed by atoms with Gasteiger partial charge in [0.15, 0.2) is 0 Å². The number of halogens is 3. The lowest BCUT2D eigenvalue weighted by Gasteiger charge is -2.14. The molecule has 2 nitrogen and oxygen atoms in total. The fraction of sp³-hybridized carbons (Fsp3) is 0.500. The lowest BCUT2D eigenvalue weighted by atomic mass is 10.0. The van der Waals surface area contributed by atoms with Gasteiger partial charge in [0.1, 0.15) is 5.75 Å². The van der Waals surface area contributed by atoms with Crippen LogP contribution in [0.25, 0.3) is 0 Å². The molecule has 0 saturated heterocycles. The molecule has 1 saturated carbocycles. The molecule has 1 aliphatic rings. The van der Waals surface area contributed by atoms with Crippen molar-refractivity contribution in [2.24, 2.45) is 11.7 Å². The summed E-state index contributed by atoms with van der Waals surface area (Å²) in [4.78, 5) is 0. The second-order valence-electron chi connectivity index (χ2n) is 4.41. The van der Waals surface area contributed by atoms with Gasteiger partial charge in [-0.25, -0.2) is 0 Å². The fourth-order valence-electron chi connectivity index (χ4n) is 1.79. The maximum absolute atomic E-state index is 12.0. The Morgan fingerprint density at radius 3 is 2.65 bits per heavy atom. The average molecular weight is 245 g/mol. The van der Waals surface area contributed by atoms with Gasteiger partial charge in [0.25, 0.3) is 0 Å². The van der Waals surface area contributed by atoms with Crippen LogP contribution < -0.4 is 10.5 Å². The van der Waals surface area contributed by atoms with Crippen molar-refractivity contribution in [3.05, 3.63) is 29.8 Å².